The number of nitrogens with one attached hydrogen (secondary N) is 1. The number of aromatic nitrogens is 1. The Bertz CT molecular complexity index is 448. The van der Waals surface area contributed by atoms with E-state index in [1.165, 1.54) is 0 Å². The van der Waals surface area contributed by atoms with Crippen LogP contribution in [0.25, 0.3) is 0 Å². The summed E-state index contributed by atoms with van der Waals surface area (Å²) < 4.78 is 0. The molecule has 3 nitrogen and oxygen atoms in total. The number of rotatable bonds is 2. The highest BCUT2D eigenvalue weighted by molar-refractivity contribution is 7.08. The predicted octanol–water partition coefficient (Wildman–Crippen LogP) is 2.70. The Morgan fingerprint density at radius 2 is 2.27 bits per heavy atom. The first kappa shape index (κ1) is 9.86. The number of amides is 1. The van der Waals surface area contributed by atoms with E-state index in [4.69, 9.17) is 0 Å². The summed E-state index contributed by atoms with van der Waals surface area (Å²) in [6.45, 7) is 1.89. The van der Waals surface area contributed by atoms with Gasteiger partial charge in [-0.25, -0.2) is 0 Å². The summed E-state index contributed by atoms with van der Waals surface area (Å²) in [5.74, 6) is -0.124. The van der Waals surface area contributed by atoms with Crippen LogP contribution in [0.2, 0.25) is 0 Å². The molecule has 15 heavy (non-hydrogen) atoms. The van der Waals surface area contributed by atoms with Gasteiger partial charge in [-0.15, -0.1) is 0 Å². The van der Waals surface area contributed by atoms with Crippen molar-refractivity contribution in [3.8, 4) is 0 Å². The van der Waals surface area contributed by atoms with Crippen molar-refractivity contribution in [2.45, 2.75) is 6.92 Å². The van der Waals surface area contributed by atoms with Gasteiger partial charge in [-0.05, 0) is 30.5 Å². The number of hydrogen-bond donors (Lipinski definition) is 1. The van der Waals surface area contributed by atoms with Crippen molar-refractivity contribution in [1.29, 1.82) is 0 Å². The molecule has 0 aliphatic carbocycles. The van der Waals surface area contributed by atoms with Gasteiger partial charge in [0.15, 0.2) is 0 Å². The highest BCUT2D eigenvalue weighted by Crippen LogP contribution is 2.13. The Morgan fingerprint density at radius 3 is 2.87 bits per heavy atom. The topological polar surface area (TPSA) is 42.0 Å². The third-order valence-corrected chi connectivity index (χ3v) is 2.64. The molecule has 2 aromatic heterocycles. The molecule has 2 heterocycles. The number of aryl methyl sites for hydroxylation is 1. The van der Waals surface area contributed by atoms with Crippen LogP contribution in [0.3, 0.4) is 0 Å². The summed E-state index contributed by atoms with van der Waals surface area (Å²) in [7, 11) is 0. The van der Waals surface area contributed by atoms with Crippen LogP contribution in [0.4, 0.5) is 5.69 Å². The summed E-state index contributed by atoms with van der Waals surface area (Å²) in [5.41, 5.74) is 2.31. The summed E-state index contributed by atoms with van der Waals surface area (Å²) in [6.07, 6.45) is 1.58. The minimum Gasteiger partial charge on any atom is -0.321 e. The molecule has 0 aliphatic heterocycles. The molecule has 1 amide bonds. The molecule has 0 bridgehead atoms. The highest BCUT2D eigenvalue weighted by atomic mass is 32.1. The molecule has 0 fully saturated rings. The van der Waals surface area contributed by atoms with E-state index in [1.807, 2.05) is 29.8 Å². The van der Waals surface area contributed by atoms with E-state index in [0.29, 0.717) is 5.56 Å². The molecule has 0 aromatic carbocycles. The van der Waals surface area contributed by atoms with Crippen molar-refractivity contribution in [2.24, 2.45) is 0 Å². The maximum Gasteiger partial charge on any atom is 0.257 e. The minimum atomic E-state index is -0.124. The Kier molecular flexibility index (Phi) is 2.78. The molecule has 0 unspecified atom stereocenters. The maximum absolute atomic E-state index is 11.7. The van der Waals surface area contributed by atoms with Crippen molar-refractivity contribution < 1.29 is 4.79 Å². The molecule has 4 heteroatoms. The third kappa shape index (κ3) is 2.41. The Balaban J connectivity index is 2.11. The zero-order chi connectivity index (χ0) is 10.7. The second kappa shape index (κ2) is 4.23. The lowest BCUT2D eigenvalue weighted by molar-refractivity contribution is 0.102. The molecule has 0 atom stereocenters. The number of anilines is 1. The highest BCUT2D eigenvalue weighted by Gasteiger charge is 2.05. The summed E-state index contributed by atoms with van der Waals surface area (Å²) in [6, 6.07) is 5.46. The molecule has 0 spiro atoms. The smallest absolute Gasteiger partial charge is 0.257 e. The summed E-state index contributed by atoms with van der Waals surface area (Å²) in [5, 5.41) is 6.60. The SMILES string of the molecule is Cc1ccc(C(=O)Nc2ccsc2)cn1. The molecule has 0 saturated heterocycles. The first-order valence-electron chi connectivity index (χ1n) is 4.52. The number of carbonyl (C=O) groups is 1. The molecule has 0 aliphatic rings. The van der Waals surface area contributed by atoms with Crippen LogP contribution < -0.4 is 5.32 Å². The molecule has 1 N–H and O–H groups in total. The molecule has 76 valence electrons. The number of pyridine rings is 1. The van der Waals surface area contributed by atoms with E-state index >= 15 is 0 Å². The number of nitrogens with zero attached hydrogens (tertiary/aromatic N) is 1. The van der Waals surface area contributed by atoms with Crippen molar-refractivity contribution >= 4 is 22.9 Å². The van der Waals surface area contributed by atoms with E-state index in [9.17, 15) is 4.79 Å². The zero-order valence-electron chi connectivity index (χ0n) is 8.23. The van der Waals surface area contributed by atoms with Crippen LogP contribution >= 0.6 is 11.3 Å². The fraction of sp³-hybridized carbons (Fsp3) is 0.0909. The van der Waals surface area contributed by atoms with Crippen molar-refractivity contribution in [2.75, 3.05) is 5.32 Å². The van der Waals surface area contributed by atoms with Gasteiger partial charge in [-0.2, -0.15) is 11.3 Å². The first-order chi connectivity index (χ1) is 7.25. The van der Waals surface area contributed by atoms with Crippen LogP contribution in [-0.2, 0) is 0 Å². The quantitative estimate of drug-likeness (QED) is 0.842. The van der Waals surface area contributed by atoms with Gasteiger partial charge in [0.2, 0.25) is 0 Å². The maximum atomic E-state index is 11.7. The van der Waals surface area contributed by atoms with E-state index < -0.39 is 0 Å². The van der Waals surface area contributed by atoms with Gasteiger partial charge in [-0.1, -0.05) is 0 Å². The van der Waals surface area contributed by atoms with Crippen molar-refractivity contribution in [3.63, 3.8) is 0 Å². The van der Waals surface area contributed by atoms with Crippen LogP contribution in [0.15, 0.2) is 35.2 Å². The predicted molar refractivity (Wildman–Crippen MR) is 61.2 cm³/mol. The van der Waals surface area contributed by atoms with Gasteiger partial charge in [0, 0.05) is 17.3 Å². The van der Waals surface area contributed by atoms with Crippen LogP contribution in [0.1, 0.15) is 16.1 Å². The normalized spacial score (nSPS) is 9.93. The zero-order valence-corrected chi connectivity index (χ0v) is 9.04. The molecule has 0 radical (unpaired) electrons. The van der Waals surface area contributed by atoms with E-state index in [2.05, 4.69) is 10.3 Å². The van der Waals surface area contributed by atoms with E-state index in [-0.39, 0.29) is 5.91 Å². The molecular formula is C11H10N2OS. The first-order valence-corrected chi connectivity index (χ1v) is 5.46. The third-order valence-electron chi connectivity index (χ3n) is 1.95. The van der Waals surface area contributed by atoms with Crippen LogP contribution in [0.5, 0.6) is 0 Å². The lowest BCUT2D eigenvalue weighted by Crippen LogP contribution is -2.11. The average molecular weight is 218 g/mol. The fourth-order valence-corrected chi connectivity index (χ4v) is 1.73. The van der Waals surface area contributed by atoms with Crippen molar-refractivity contribution in [1.82, 2.24) is 4.98 Å². The lowest BCUT2D eigenvalue weighted by atomic mass is 10.2. The van der Waals surface area contributed by atoms with Gasteiger partial charge in [0.25, 0.3) is 5.91 Å². The van der Waals surface area contributed by atoms with Gasteiger partial charge < -0.3 is 5.32 Å². The van der Waals surface area contributed by atoms with Crippen molar-refractivity contribution in [3.05, 3.63) is 46.4 Å². The largest absolute Gasteiger partial charge is 0.321 e. The summed E-state index contributed by atoms with van der Waals surface area (Å²) in [4.78, 5) is 15.7. The number of thiophene rings is 1. The molecular weight excluding hydrogens is 208 g/mol. The fourth-order valence-electron chi connectivity index (χ4n) is 1.14. The standard InChI is InChI=1S/C11H10N2OS/c1-8-2-3-9(6-12-8)11(14)13-10-4-5-15-7-10/h2-7H,1H3,(H,13,14). The number of carbonyl (C=O) groups excluding carboxylic acids is 1. The lowest BCUT2D eigenvalue weighted by Gasteiger charge is -2.02. The molecule has 2 aromatic rings. The average Bonchev–Trinajstić information content (AvgIpc) is 2.71. The number of hydrogen-bond acceptors (Lipinski definition) is 3. The second-order valence-corrected chi connectivity index (χ2v) is 3.93. The van der Waals surface area contributed by atoms with Gasteiger partial charge in [-0.3, -0.25) is 9.78 Å². The second-order valence-electron chi connectivity index (χ2n) is 3.15. The van der Waals surface area contributed by atoms with Crippen LogP contribution in [0, 0.1) is 6.92 Å². The Hall–Kier alpha value is -1.68. The molecule has 0 saturated carbocycles. The Morgan fingerprint density at radius 1 is 1.40 bits per heavy atom. The monoisotopic (exact) mass is 218 g/mol. The van der Waals surface area contributed by atoms with Gasteiger partial charge in [0.1, 0.15) is 0 Å². The summed E-state index contributed by atoms with van der Waals surface area (Å²) >= 11 is 1.55. The Labute approximate surface area is 91.8 Å². The van der Waals surface area contributed by atoms with Crippen LogP contribution in [-0.4, -0.2) is 10.9 Å². The molecule has 2 rings (SSSR count). The van der Waals surface area contributed by atoms with Gasteiger partial charge in [0.05, 0.1) is 11.3 Å². The van der Waals surface area contributed by atoms with E-state index in [0.717, 1.165) is 11.4 Å². The van der Waals surface area contributed by atoms with E-state index in [1.54, 1.807) is 23.6 Å². The van der Waals surface area contributed by atoms with Gasteiger partial charge >= 0.3 is 0 Å². The minimum absolute atomic E-state index is 0.124.